The number of hydrogen-bond donors (Lipinski definition) is 0. The van der Waals surface area contributed by atoms with Crippen molar-refractivity contribution in [2.24, 2.45) is 0 Å². The van der Waals surface area contributed by atoms with Crippen molar-refractivity contribution in [2.75, 3.05) is 19.1 Å². The second kappa shape index (κ2) is 5.76. The molecular weight excluding hydrogens is 262 g/mol. The van der Waals surface area contributed by atoms with Crippen molar-refractivity contribution in [3.63, 3.8) is 0 Å². The van der Waals surface area contributed by atoms with Gasteiger partial charge in [-0.05, 0) is 30.3 Å². The molecular formula is C15H14ClNO2. The number of carbonyl (C=O) groups is 1. The first-order chi connectivity index (χ1) is 9.15. The lowest BCUT2D eigenvalue weighted by Gasteiger charge is -2.21. The summed E-state index contributed by atoms with van der Waals surface area (Å²) in [5, 5.41) is 0.537. The quantitative estimate of drug-likeness (QED) is 0.792. The van der Waals surface area contributed by atoms with Crippen LogP contribution in [0.4, 0.5) is 11.4 Å². The summed E-state index contributed by atoms with van der Waals surface area (Å²) in [4.78, 5) is 12.6. The van der Waals surface area contributed by atoms with E-state index in [0.717, 1.165) is 23.4 Å². The van der Waals surface area contributed by atoms with Crippen LogP contribution in [0.3, 0.4) is 0 Å². The molecule has 0 radical (unpaired) electrons. The highest BCUT2D eigenvalue weighted by molar-refractivity contribution is 6.33. The average Bonchev–Trinajstić information content (AvgIpc) is 2.46. The summed E-state index contributed by atoms with van der Waals surface area (Å²) in [5.74, 6) is 0.782. The Labute approximate surface area is 117 Å². The van der Waals surface area contributed by atoms with Crippen LogP contribution in [0.2, 0.25) is 5.02 Å². The molecule has 2 rings (SSSR count). The molecule has 0 aliphatic rings. The highest BCUT2D eigenvalue weighted by Gasteiger charge is 2.09. The van der Waals surface area contributed by atoms with E-state index >= 15 is 0 Å². The van der Waals surface area contributed by atoms with E-state index in [2.05, 4.69) is 0 Å². The topological polar surface area (TPSA) is 29.5 Å². The van der Waals surface area contributed by atoms with Crippen molar-refractivity contribution in [3.05, 3.63) is 53.1 Å². The zero-order valence-electron chi connectivity index (χ0n) is 10.8. The van der Waals surface area contributed by atoms with Gasteiger partial charge in [-0.15, -0.1) is 0 Å². The van der Waals surface area contributed by atoms with Gasteiger partial charge in [-0.1, -0.05) is 17.7 Å². The van der Waals surface area contributed by atoms with Crippen molar-refractivity contribution in [1.82, 2.24) is 0 Å². The minimum Gasteiger partial charge on any atom is -0.497 e. The SMILES string of the molecule is COc1cccc(N(C)c2ccc(C=O)cc2Cl)c1. The first-order valence-electron chi connectivity index (χ1n) is 5.78. The molecule has 0 saturated carbocycles. The van der Waals surface area contributed by atoms with E-state index in [9.17, 15) is 4.79 Å². The Balaban J connectivity index is 2.37. The fourth-order valence-electron chi connectivity index (χ4n) is 1.83. The lowest BCUT2D eigenvalue weighted by Crippen LogP contribution is -2.10. The molecule has 0 heterocycles. The van der Waals surface area contributed by atoms with Crippen LogP contribution in [0.1, 0.15) is 10.4 Å². The van der Waals surface area contributed by atoms with Crippen LogP contribution in [-0.2, 0) is 0 Å². The van der Waals surface area contributed by atoms with Gasteiger partial charge in [0.25, 0.3) is 0 Å². The third kappa shape index (κ3) is 2.88. The molecule has 0 aliphatic heterocycles. The van der Waals surface area contributed by atoms with Crippen molar-refractivity contribution in [1.29, 1.82) is 0 Å². The number of anilines is 2. The molecule has 0 fully saturated rings. The van der Waals surface area contributed by atoms with Gasteiger partial charge in [0.2, 0.25) is 0 Å². The number of benzene rings is 2. The van der Waals surface area contributed by atoms with Crippen LogP contribution in [0, 0.1) is 0 Å². The Morgan fingerprint density at radius 2 is 2.00 bits per heavy atom. The highest BCUT2D eigenvalue weighted by Crippen LogP contribution is 2.32. The largest absolute Gasteiger partial charge is 0.497 e. The normalized spacial score (nSPS) is 10.1. The number of methoxy groups -OCH3 is 1. The number of aldehydes is 1. The standard InChI is InChI=1S/C15H14ClNO2/c1-17(12-4-3-5-13(9-12)19-2)15-7-6-11(10-18)8-14(15)16/h3-10H,1-2H3. The first-order valence-corrected chi connectivity index (χ1v) is 6.16. The molecule has 3 nitrogen and oxygen atoms in total. The van der Waals surface area contributed by atoms with E-state index in [0.29, 0.717) is 10.6 Å². The second-order valence-corrected chi connectivity index (χ2v) is 4.50. The highest BCUT2D eigenvalue weighted by atomic mass is 35.5. The predicted octanol–water partition coefficient (Wildman–Crippen LogP) is 3.93. The summed E-state index contributed by atoms with van der Waals surface area (Å²) in [7, 11) is 3.54. The predicted molar refractivity (Wildman–Crippen MR) is 77.9 cm³/mol. The third-order valence-corrected chi connectivity index (χ3v) is 3.21. The molecule has 2 aromatic rings. The lowest BCUT2D eigenvalue weighted by molar-refractivity contribution is 0.112. The minimum absolute atomic E-state index is 0.537. The van der Waals surface area contributed by atoms with Crippen molar-refractivity contribution < 1.29 is 9.53 Å². The summed E-state index contributed by atoms with van der Waals surface area (Å²) in [6, 6.07) is 12.9. The molecule has 4 heteroatoms. The van der Waals surface area contributed by atoms with Gasteiger partial charge in [-0.2, -0.15) is 0 Å². The number of ether oxygens (including phenoxy) is 1. The summed E-state index contributed by atoms with van der Waals surface area (Å²) in [6.07, 6.45) is 0.779. The maximum atomic E-state index is 10.7. The zero-order chi connectivity index (χ0) is 13.8. The molecule has 0 saturated heterocycles. The van der Waals surface area contributed by atoms with Gasteiger partial charge in [0, 0.05) is 24.4 Å². The van der Waals surface area contributed by atoms with E-state index in [1.165, 1.54) is 0 Å². The maximum Gasteiger partial charge on any atom is 0.150 e. The first kappa shape index (κ1) is 13.4. The Morgan fingerprint density at radius 3 is 2.63 bits per heavy atom. The van der Waals surface area contributed by atoms with Gasteiger partial charge < -0.3 is 9.64 Å². The van der Waals surface area contributed by atoms with Crippen LogP contribution < -0.4 is 9.64 Å². The van der Waals surface area contributed by atoms with E-state index in [1.54, 1.807) is 19.2 Å². The van der Waals surface area contributed by atoms with E-state index in [-0.39, 0.29) is 0 Å². The summed E-state index contributed by atoms with van der Waals surface area (Å²) < 4.78 is 5.20. The van der Waals surface area contributed by atoms with Gasteiger partial charge in [0.15, 0.2) is 0 Å². The smallest absolute Gasteiger partial charge is 0.150 e. The van der Waals surface area contributed by atoms with Gasteiger partial charge >= 0.3 is 0 Å². The van der Waals surface area contributed by atoms with E-state index in [4.69, 9.17) is 16.3 Å². The molecule has 0 atom stereocenters. The van der Waals surface area contributed by atoms with Crippen LogP contribution in [0.15, 0.2) is 42.5 Å². The molecule has 0 aliphatic carbocycles. The molecule has 0 bridgehead atoms. The molecule has 0 unspecified atom stereocenters. The number of nitrogens with zero attached hydrogens (tertiary/aromatic N) is 1. The number of hydrogen-bond acceptors (Lipinski definition) is 3. The summed E-state index contributed by atoms with van der Waals surface area (Å²) in [5.41, 5.74) is 2.36. The Hall–Kier alpha value is -2.00. The van der Waals surface area contributed by atoms with Crippen molar-refractivity contribution in [3.8, 4) is 5.75 Å². The van der Waals surface area contributed by atoms with Gasteiger partial charge in [0.05, 0.1) is 17.8 Å². The average molecular weight is 276 g/mol. The molecule has 2 aromatic carbocycles. The number of carbonyl (C=O) groups excluding carboxylic acids is 1. The van der Waals surface area contributed by atoms with Crippen molar-refractivity contribution in [2.45, 2.75) is 0 Å². The van der Waals surface area contributed by atoms with Crippen LogP contribution >= 0.6 is 11.6 Å². The number of halogens is 1. The minimum atomic E-state index is 0.537. The van der Waals surface area contributed by atoms with E-state index < -0.39 is 0 Å². The molecule has 0 N–H and O–H groups in total. The third-order valence-electron chi connectivity index (χ3n) is 2.91. The summed E-state index contributed by atoms with van der Waals surface area (Å²) in [6.45, 7) is 0. The van der Waals surface area contributed by atoms with Gasteiger partial charge in [-0.25, -0.2) is 0 Å². The Bertz CT molecular complexity index is 598. The molecule has 0 spiro atoms. The molecule has 0 aromatic heterocycles. The maximum absolute atomic E-state index is 10.7. The molecule has 98 valence electrons. The Kier molecular flexibility index (Phi) is 4.07. The lowest BCUT2D eigenvalue weighted by atomic mass is 10.2. The zero-order valence-corrected chi connectivity index (χ0v) is 11.5. The summed E-state index contributed by atoms with van der Waals surface area (Å²) >= 11 is 6.19. The van der Waals surface area contributed by atoms with Crippen LogP contribution in [0.5, 0.6) is 5.75 Å². The monoisotopic (exact) mass is 275 g/mol. The van der Waals surface area contributed by atoms with Gasteiger partial charge in [0.1, 0.15) is 12.0 Å². The fraction of sp³-hybridized carbons (Fsp3) is 0.133. The second-order valence-electron chi connectivity index (χ2n) is 4.09. The van der Waals surface area contributed by atoms with E-state index in [1.807, 2.05) is 42.3 Å². The van der Waals surface area contributed by atoms with Gasteiger partial charge in [-0.3, -0.25) is 4.79 Å². The molecule has 19 heavy (non-hydrogen) atoms. The number of rotatable bonds is 4. The van der Waals surface area contributed by atoms with Crippen molar-refractivity contribution >= 4 is 29.3 Å². The van der Waals surface area contributed by atoms with Crippen LogP contribution in [-0.4, -0.2) is 20.4 Å². The molecule has 0 amide bonds. The fourth-order valence-corrected chi connectivity index (χ4v) is 2.14. The Morgan fingerprint density at radius 1 is 1.21 bits per heavy atom. The van der Waals surface area contributed by atoms with Crippen LogP contribution in [0.25, 0.3) is 0 Å².